The van der Waals surface area contributed by atoms with Gasteiger partial charge in [-0.05, 0) is 12.1 Å². The third-order valence-corrected chi connectivity index (χ3v) is 2.97. The van der Waals surface area contributed by atoms with Gasteiger partial charge in [-0.25, -0.2) is 0 Å². The van der Waals surface area contributed by atoms with E-state index in [2.05, 4.69) is 20.5 Å². The first-order valence-corrected chi connectivity index (χ1v) is 6.52. The van der Waals surface area contributed by atoms with Crippen molar-refractivity contribution >= 4 is 11.9 Å². The van der Waals surface area contributed by atoms with Crippen molar-refractivity contribution in [1.82, 2.24) is 20.5 Å². The van der Waals surface area contributed by atoms with Crippen LogP contribution in [0.3, 0.4) is 0 Å². The summed E-state index contributed by atoms with van der Waals surface area (Å²) in [7, 11) is 0. The number of nitrogen functional groups attached to an aromatic ring is 1. The number of ether oxygens (including phenoxy) is 2. The van der Waals surface area contributed by atoms with E-state index >= 15 is 0 Å². The van der Waals surface area contributed by atoms with E-state index < -0.39 is 0 Å². The number of H-pyrrole nitrogens is 1. The molecule has 0 aliphatic carbocycles. The SMILES string of the molecule is Nc1n[nH]c(CC(=O)NCC2COc3ccccc3O2)n1. The maximum Gasteiger partial charge on any atom is 0.239 e. The number of fused-ring (bicyclic) bond motifs is 1. The van der Waals surface area contributed by atoms with Gasteiger partial charge in [-0.1, -0.05) is 12.1 Å². The first-order chi connectivity index (χ1) is 10.2. The molecule has 0 saturated carbocycles. The number of aromatic amines is 1. The van der Waals surface area contributed by atoms with Crippen molar-refractivity contribution < 1.29 is 14.3 Å². The molecule has 21 heavy (non-hydrogen) atoms. The molecule has 1 aromatic heterocycles. The quantitative estimate of drug-likeness (QED) is 0.723. The molecule has 1 unspecified atom stereocenters. The number of hydrogen-bond donors (Lipinski definition) is 3. The highest BCUT2D eigenvalue weighted by atomic mass is 16.6. The lowest BCUT2D eigenvalue weighted by Gasteiger charge is -2.26. The minimum atomic E-state index is -0.219. The fourth-order valence-electron chi connectivity index (χ4n) is 2.00. The number of carbonyl (C=O) groups is 1. The zero-order chi connectivity index (χ0) is 14.7. The van der Waals surface area contributed by atoms with E-state index in [1.807, 2.05) is 24.3 Å². The second-order valence-electron chi connectivity index (χ2n) is 4.62. The molecule has 0 radical (unpaired) electrons. The molecule has 110 valence electrons. The Kier molecular flexibility index (Phi) is 3.59. The molecular formula is C13H15N5O3. The van der Waals surface area contributed by atoms with Gasteiger partial charge in [0.25, 0.3) is 0 Å². The van der Waals surface area contributed by atoms with Crippen LogP contribution in [0.1, 0.15) is 5.82 Å². The summed E-state index contributed by atoms with van der Waals surface area (Å²) in [5, 5.41) is 9.01. The molecule has 8 nitrogen and oxygen atoms in total. The fourth-order valence-corrected chi connectivity index (χ4v) is 2.00. The number of nitrogens with one attached hydrogen (secondary N) is 2. The Bertz CT molecular complexity index is 642. The number of para-hydroxylation sites is 2. The summed E-state index contributed by atoms with van der Waals surface area (Å²) >= 11 is 0. The van der Waals surface area contributed by atoms with Crippen LogP contribution in [-0.4, -0.2) is 40.3 Å². The Morgan fingerprint density at radius 1 is 1.43 bits per heavy atom. The molecule has 1 amide bonds. The zero-order valence-electron chi connectivity index (χ0n) is 11.2. The molecule has 1 atom stereocenters. The van der Waals surface area contributed by atoms with Crippen LogP contribution in [0.5, 0.6) is 11.5 Å². The highest BCUT2D eigenvalue weighted by Gasteiger charge is 2.21. The smallest absolute Gasteiger partial charge is 0.239 e. The molecule has 0 spiro atoms. The van der Waals surface area contributed by atoms with Crippen molar-refractivity contribution in [2.24, 2.45) is 0 Å². The average molecular weight is 289 g/mol. The van der Waals surface area contributed by atoms with Crippen LogP contribution in [0.25, 0.3) is 0 Å². The molecule has 3 rings (SSSR count). The van der Waals surface area contributed by atoms with Crippen molar-refractivity contribution in [1.29, 1.82) is 0 Å². The molecule has 4 N–H and O–H groups in total. The summed E-state index contributed by atoms with van der Waals surface area (Å²) in [5.74, 6) is 1.77. The summed E-state index contributed by atoms with van der Waals surface area (Å²) in [5.41, 5.74) is 5.37. The number of rotatable bonds is 4. The number of benzene rings is 1. The number of anilines is 1. The summed E-state index contributed by atoms with van der Waals surface area (Å²) in [6.45, 7) is 0.753. The Balaban J connectivity index is 1.49. The average Bonchev–Trinajstić information content (AvgIpc) is 2.90. The molecule has 0 fully saturated rings. The molecular weight excluding hydrogens is 274 g/mol. The van der Waals surface area contributed by atoms with Crippen LogP contribution >= 0.6 is 0 Å². The fraction of sp³-hybridized carbons (Fsp3) is 0.308. The highest BCUT2D eigenvalue weighted by Crippen LogP contribution is 2.30. The van der Waals surface area contributed by atoms with E-state index in [0.29, 0.717) is 24.7 Å². The van der Waals surface area contributed by atoms with Crippen molar-refractivity contribution in [2.45, 2.75) is 12.5 Å². The third kappa shape index (κ3) is 3.22. The van der Waals surface area contributed by atoms with Crippen LogP contribution in [0.15, 0.2) is 24.3 Å². The van der Waals surface area contributed by atoms with Gasteiger partial charge in [-0.15, -0.1) is 5.10 Å². The predicted molar refractivity (Wildman–Crippen MR) is 73.9 cm³/mol. The molecule has 2 aromatic rings. The second-order valence-corrected chi connectivity index (χ2v) is 4.62. The molecule has 2 heterocycles. The third-order valence-electron chi connectivity index (χ3n) is 2.97. The molecule has 1 aliphatic rings. The Morgan fingerprint density at radius 3 is 3.00 bits per heavy atom. The lowest BCUT2D eigenvalue weighted by atomic mass is 10.2. The lowest BCUT2D eigenvalue weighted by Crippen LogP contribution is -2.41. The maximum atomic E-state index is 11.8. The van der Waals surface area contributed by atoms with E-state index in [4.69, 9.17) is 15.2 Å². The van der Waals surface area contributed by atoms with Gasteiger partial charge < -0.3 is 20.5 Å². The highest BCUT2D eigenvalue weighted by molar-refractivity contribution is 5.77. The zero-order valence-corrected chi connectivity index (χ0v) is 11.2. The van der Waals surface area contributed by atoms with Crippen molar-refractivity contribution in [3.8, 4) is 11.5 Å². The summed E-state index contributed by atoms with van der Waals surface area (Å²) in [6, 6.07) is 7.43. The van der Waals surface area contributed by atoms with Gasteiger partial charge in [0, 0.05) is 0 Å². The second kappa shape index (κ2) is 5.70. The number of nitrogens with zero attached hydrogens (tertiary/aromatic N) is 2. The Hall–Kier alpha value is -2.77. The van der Waals surface area contributed by atoms with Crippen LogP contribution in [0.4, 0.5) is 5.95 Å². The molecule has 8 heteroatoms. The lowest BCUT2D eigenvalue weighted by molar-refractivity contribution is -0.121. The van der Waals surface area contributed by atoms with E-state index in [1.165, 1.54) is 0 Å². The van der Waals surface area contributed by atoms with E-state index in [0.717, 1.165) is 5.75 Å². The molecule has 0 bridgehead atoms. The summed E-state index contributed by atoms with van der Waals surface area (Å²) in [6.07, 6.45) is -0.127. The largest absolute Gasteiger partial charge is 0.486 e. The topological polar surface area (TPSA) is 115 Å². The van der Waals surface area contributed by atoms with Gasteiger partial charge in [0.15, 0.2) is 11.5 Å². The molecule has 0 saturated heterocycles. The number of amides is 1. The predicted octanol–water partition coefficient (Wildman–Crippen LogP) is -0.114. The Morgan fingerprint density at radius 2 is 2.24 bits per heavy atom. The molecule has 1 aromatic carbocycles. The summed E-state index contributed by atoms with van der Waals surface area (Å²) < 4.78 is 11.3. The van der Waals surface area contributed by atoms with Crippen LogP contribution in [0, 0.1) is 0 Å². The van der Waals surface area contributed by atoms with Gasteiger partial charge in [0.1, 0.15) is 18.5 Å². The van der Waals surface area contributed by atoms with Crippen LogP contribution in [-0.2, 0) is 11.2 Å². The standard InChI is InChI=1S/C13H15N5O3/c14-13-16-11(17-18-13)5-12(19)15-6-8-7-20-9-3-1-2-4-10(9)21-8/h1-4,8H,5-7H2,(H,15,19)(H3,14,16,17,18). The van der Waals surface area contributed by atoms with E-state index in [-0.39, 0.29) is 24.4 Å². The van der Waals surface area contributed by atoms with Gasteiger partial charge in [-0.3, -0.25) is 9.89 Å². The van der Waals surface area contributed by atoms with E-state index in [1.54, 1.807) is 0 Å². The van der Waals surface area contributed by atoms with Crippen molar-refractivity contribution in [3.63, 3.8) is 0 Å². The number of carbonyl (C=O) groups excluding carboxylic acids is 1. The van der Waals surface area contributed by atoms with Crippen LogP contribution in [0.2, 0.25) is 0 Å². The van der Waals surface area contributed by atoms with Gasteiger partial charge >= 0.3 is 0 Å². The normalized spacial score (nSPS) is 16.5. The summed E-state index contributed by atoms with van der Waals surface area (Å²) in [4.78, 5) is 15.6. The monoisotopic (exact) mass is 289 g/mol. The Labute approximate surface area is 120 Å². The van der Waals surface area contributed by atoms with Crippen LogP contribution < -0.4 is 20.5 Å². The minimum Gasteiger partial charge on any atom is -0.486 e. The van der Waals surface area contributed by atoms with Crippen molar-refractivity contribution in [3.05, 3.63) is 30.1 Å². The van der Waals surface area contributed by atoms with Crippen molar-refractivity contribution in [2.75, 3.05) is 18.9 Å². The molecule has 1 aliphatic heterocycles. The number of nitrogens with two attached hydrogens (primary N) is 1. The minimum absolute atomic E-state index is 0.0916. The first kappa shape index (κ1) is 13.2. The first-order valence-electron chi connectivity index (χ1n) is 6.52. The van der Waals surface area contributed by atoms with Gasteiger partial charge in [0.05, 0.1) is 13.0 Å². The number of hydrogen-bond acceptors (Lipinski definition) is 6. The number of aromatic nitrogens is 3. The van der Waals surface area contributed by atoms with Gasteiger partial charge in [-0.2, -0.15) is 4.98 Å². The van der Waals surface area contributed by atoms with Gasteiger partial charge in [0.2, 0.25) is 11.9 Å². The van der Waals surface area contributed by atoms with E-state index in [9.17, 15) is 4.79 Å². The maximum absolute atomic E-state index is 11.8.